The molecule has 1 atom stereocenters. The zero-order valence-corrected chi connectivity index (χ0v) is 35.5. The highest BCUT2D eigenvalue weighted by Gasteiger charge is 2.19. The number of allylic oxidation sites excluding steroid dienone is 8. The Labute approximate surface area is 333 Å². The maximum Gasteiger partial charge on any atom is 0.306 e. The quantitative estimate of drug-likeness (QED) is 0.0268. The highest BCUT2D eigenvalue weighted by atomic mass is 16.6. The Balaban J connectivity index is 4.43. The second kappa shape index (κ2) is 43.1. The topological polar surface area (TPSA) is 78.9 Å². The van der Waals surface area contributed by atoms with E-state index in [-0.39, 0.29) is 31.1 Å². The molecule has 0 aliphatic rings. The molecular formula is C48H84O6. The molecule has 54 heavy (non-hydrogen) atoms. The van der Waals surface area contributed by atoms with Gasteiger partial charge in [-0.25, -0.2) is 0 Å². The first kappa shape index (κ1) is 51.4. The van der Waals surface area contributed by atoms with Gasteiger partial charge in [-0.05, 0) is 77.0 Å². The minimum atomic E-state index is -0.787. The summed E-state index contributed by atoms with van der Waals surface area (Å²) in [5, 5.41) is 0. The fraction of sp³-hybridized carbons (Fsp3) is 0.771. The van der Waals surface area contributed by atoms with Crippen LogP contribution in [0.5, 0.6) is 0 Å². The molecule has 0 spiro atoms. The van der Waals surface area contributed by atoms with Gasteiger partial charge >= 0.3 is 17.9 Å². The van der Waals surface area contributed by atoms with Crippen molar-refractivity contribution in [2.75, 3.05) is 13.2 Å². The van der Waals surface area contributed by atoms with Gasteiger partial charge in [0.25, 0.3) is 0 Å². The third-order valence-electron chi connectivity index (χ3n) is 9.56. The number of unbranched alkanes of at least 4 members (excludes halogenated alkanes) is 21. The zero-order valence-electron chi connectivity index (χ0n) is 35.5. The molecule has 0 aliphatic carbocycles. The Morgan fingerprint density at radius 1 is 0.370 bits per heavy atom. The normalized spacial score (nSPS) is 12.4. The van der Waals surface area contributed by atoms with Gasteiger partial charge < -0.3 is 14.2 Å². The van der Waals surface area contributed by atoms with Crippen LogP contribution in [0.25, 0.3) is 0 Å². The molecule has 0 aromatic rings. The molecule has 0 saturated heterocycles. The van der Waals surface area contributed by atoms with Crippen molar-refractivity contribution >= 4 is 17.9 Å². The third-order valence-corrected chi connectivity index (χ3v) is 9.56. The number of carbonyl (C=O) groups is 3. The van der Waals surface area contributed by atoms with Crippen LogP contribution < -0.4 is 0 Å². The van der Waals surface area contributed by atoms with Gasteiger partial charge in [0.05, 0.1) is 0 Å². The molecule has 0 aromatic heterocycles. The molecule has 0 heterocycles. The Morgan fingerprint density at radius 2 is 0.685 bits per heavy atom. The van der Waals surface area contributed by atoms with E-state index in [0.717, 1.165) is 83.5 Å². The molecule has 6 nitrogen and oxygen atoms in total. The molecule has 0 amide bonds. The first-order valence-corrected chi connectivity index (χ1v) is 22.6. The predicted molar refractivity (Wildman–Crippen MR) is 229 cm³/mol. The maximum absolute atomic E-state index is 12.7. The third kappa shape index (κ3) is 40.6. The Morgan fingerprint density at radius 3 is 1.19 bits per heavy atom. The summed E-state index contributed by atoms with van der Waals surface area (Å²) in [5.41, 5.74) is 0. The molecule has 0 unspecified atom stereocenters. The average molecular weight is 757 g/mol. The Bertz CT molecular complexity index is 964. The molecule has 0 rings (SSSR count). The lowest BCUT2D eigenvalue weighted by Crippen LogP contribution is -2.30. The minimum Gasteiger partial charge on any atom is -0.462 e. The zero-order chi connectivity index (χ0) is 39.4. The average Bonchev–Trinajstić information content (AvgIpc) is 3.17. The van der Waals surface area contributed by atoms with E-state index in [2.05, 4.69) is 69.4 Å². The van der Waals surface area contributed by atoms with E-state index >= 15 is 0 Å². The summed E-state index contributed by atoms with van der Waals surface area (Å²) in [7, 11) is 0. The number of ether oxygens (including phenoxy) is 3. The lowest BCUT2D eigenvalue weighted by Gasteiger charge is -2.18. The minimum absolute atomic E-state index is 0.0874. The standard InChI is InChI=1S/C48H84O6/c1-4-7-10-13-16-19-22-23-24-25-27-29-32-35-38-41-47(50)53-44-45(43-52-46(49)40-37-34-31-28-21-18-15-12-9-6-3)54-48(51)42-39-36-33-30-26-20-17-14-11-8-5-2/h14,16-17,19,23-24,27,29,45H,4-13,15,18,20-22,25-26,28,30-44H2,1-3H3/b17-14-,19-16-,24-23-,29-27-/t45-/m1/s1. The van der Waals surface area contributed by atoms with Crippen molar-refractivity contribution in [3.8, 4) is 0 Å². The monoisotopic (exact) mass is 757 g/mol. The lowest BCUT2D eigenvalue weighted by molar-refractivity contribution is -0.167. The van der Waals surface area contributed by atoms with Crippen molar-refractivity contribution in [3.05, 3.63) is 48.6 Å². The number of hydrogen-bond donors (Lipinski definition) is 0. The van der Waals surface area contributed by atoms with Crippen LogP contribution in [-0.2, 0) is 28.6 Å². The highest BCUT2D eigenvalue weighted by Crippen LogP contribution is 2.13. The van der Waals surface area contributed by atoms with Crippen LogP contribution in [0, 0.1) is 0 Å². The van der Waals surface area contributed by atoms with Crippen molar-refractivity contribution < 1.29 is 28.6 Å². The van der Waals surface area contributed by atoms with Crippen LogP contribution in [0.4, 0.5) is 0 Å². The van der Waals surface area contributed by atoms with Gasteiger partial charge in [-0.3, -0.25) is 14.4 Å². The molecule has 0 aliphatic heterocycles. The van der Waals surface area contributed by atoms with E-state index in [1.165, 1.54) is 96.3 Å². The first-order valence-electron chi connectivity index (χ1n) is 22.6. The van der Waals surface area contributed by atoms with Gasteiger partial charge in [-0.2, -0.15) is 0 Å². The van der Waals surface area contributed by atoms with Gasteiger partial charge in [-0.1, -0.05) is 172 Å². The number of hydrogen-bond acceptors (Lipinski definition) is 6. The molecule has 6 heteroatoms. The Hall–Kier alpha value is -2.63. The van der Waals surface area contributed by atoms with E-state index in [4.69, 9.17) is 14.2 Å². The van der Waals surface area contributed by atoms with Crippen molar-refractivity contribution in [2.24, 2.45) is 0 Å². The van der Waals surface area contributed by atoms with Crippen LogP contribution >= 0.6 is 0 Å². The van der Waals surface area contributed by atoms with Crippen LogP contribution in [-0.4, -0.2) is 37.2 Å². The summed E-state index contributed by atoms with van der Waals surface area (Å²) >= 11 is 0. The molecule has 0 aromatic carbocycles. The summed E-state index contributed by atoms with van der Waals surface area (Å²) in [6.07, 6.45) is 49.5. The van der Waals surface area contributed by atoms with E-state index in [1.807, 2.05) is 0 Å². The molecule has 0 bridgehead atoms. The summed E-state index contributed by atoms with van der Waals surface area (Å²) < 4.78 is 16.6. The van der Waals surface area contributed by atoms with Crippen LogP contribution in [0.3, 0.4) is 0 Å². The maximum atomic E-state index is 12.7. The van der Waals surface area contributed by atoms with Crippen molar-refractivity contribution in [1.29, 1.82) is 0 Å². The van der Waals surface area contributed by atoms with E-state index < -0.39 is 6.10 Å². The van der Waals surface area contributed by atoms with E-state index in [9.17, 15) is 14.4 Å². The molecule has 0 radical (unpaired) electrons. The van der Waals surface area contributed by atoms with E-state index in [1.54, 1.807) is 0 Å². The Kier molecular flexibility index (Phi) is 41.0. The van der Waals surface area contributed by atoms with Gasteiger partial charge in [0.15, 0.2) is 6.10 Å². The van der Waals surface area contributed by atoms with Crippen LogP contribution in [0.1, 0.15) is 220 Å². The number of esters is 3. The molecule has 0 fully saturated rings. The fourth-order valence-electron chi connectivity index (χ4n) is 6.07. The molecule has 0 N–H and O–H groups in total. The smallest absolute Gasteiger partial charge is 0.306 e. The van der Waals surface area contributed by atoms with Gasteiger partial charge in [0.2, 0.25) is 0 Å². The summed E-state index contributed by atoms with van der Waals surface area (Å²) in [6, 6.07) is 0. The SMILES string of the molecule is CCCC/C=C\CCCCCCCC(=O)O[C@@H](COC(=O)CCCC/C=C\C/C=C\C/C=C\CCCCC)COC(=O)CCCCCCCCCCCC. The van der Waals surface area contributed by atoms with Crippen molar-refractivity contribution in [2.45, 2.75) is 226 Å². The van der Waals surface area contributed by atoms with Crippen molar-refractivity contribution in [3.63, 3.8) is 0 Å². The van der Waals surface area contributed by atoms with Gasteiger partial charge in [-0.15, -0.1) is 0 Å². The predicted octanol–water partition coefficient (Wildman–Crippen LogP) is 14.4. The first-order chi connectivity index (χ1) is 26.5. The summed E-state index contributed by atoms with van der Waals surface area (Å²) in [4.78, 5) is 37.6. The lowest BCUT2D eigenvalue weighted by atomic mass is 10.1. The molecule has 0 saturated carbocycles. The summed E-state index contributed by atoms with van der Waals surface area (Å²) in [5.74, 6) is -0.941. The molecule has 312 valence electrons. The van der Waals surface area contributed by atoms with Gasteiger partial charge in [0, 0.05) is 19.3 Å². The van der Waals surface area contributed by atoms with Crippen molar-refractivity contribution in [1.82, 2.24) is 0 Å². The second-order valence-electron chi connectivity index (χ2n) is 15.0. The summed E-state index contributed by atoms with van der Waals surface area (Å²) in [6.45, 7) is 6.50. The highest BCUT2D eigenvalue weighted by molar-refractivity contribution is 5.71. The second-order valence-corrected chi connectivity index (χ2v) is 15.0. The molecular weight excluding hydrogens is 673 g/mol. The number of rotatable bonds is 40. The van der Waals surface area contributed by atoms with Crippen LogP contribution in [0.15, 0.2) is 48.6 Å². The van der Waals surface area contributed by atoms with E-state index in [0.29, 0.717) is 19.3 Å². The van der Waals surface area contributed by atoms with Gasteiger partial charge in [0.1, 0.15) is 13.2 Å². The number of carbonyl (C=O) groups excluding carboxylic acids is 3. The van der Waals surface area contributed by atoms with Crippen LogP contribution in [0.2, 0.25) is 0 Å². The largest absolute Gasteiger partial charge is 0.462 e. The fourth-order valence-corrected chi connectivity index (χ4v) is 6.07.